The van der Waals surface area contributed by atoms with Crippen LogP contribution in [0.15, 0.2) is 42.5 Å². The van der Waals surface area contributed by atoms with Crippen LogP contribution in [0.25, 0.3) is 0 Å². The summed E-state index contributed by atoms with van der Waals surface area (Å²) in [5.74, 6) is -4.54. The molecular formula is C20H24O8. The van der Waals surface area contributed by atoms with Crippen LogP contribution >= 0.6 is 0 Å². The molecule has 0 aliphatic heterocycles. The fourth-order valence-corrected chi connectivity index (χ4v) is 2.24. The summed E-state index contributed by atoms with van der Waals surface area (Å²) in [6.07, 6.45) is -0.729. The number of para-hydroxylation sites is 1. The van der Waals surface area contributed by atoms with E-state index in [2.05, 4.69) is 16.1 Å². The average molecular weight is 392 g/mol. The fourth-order valence-electron chi connectivity index (χ4n) is 2.24. The number of ether oxygens (including phenoxy) is 4. The summed E-state index contributed by atoms with van der Waals surface area (Å²) in [4.78, 5) is 50.1. The Hall–Kier alpha value is -3.16. The van der Waals surface area contributed by atoms with E-state index >= 15 is 0 Å². The zero-order chi connectivity index (χ0) is 21.5. The minimum Gasteiger partial charge on any atom is -0.468 e. The van der Waals surface area contributed by atoms with Crippen molar-refractivity contribution in [3.8, 4) is 5.75 Å². The van der Waals surface area contributed by atoms with Gasteiger partial charge in [-0.05, 0) is 32.9 Å². The molecule has 1 aromatic rings. The Morgan fingerprint density at radius 3 is 1.82 bits per heavy atom. The molecule has 0 saturated carbocycles. The molecule has 0 heterocycles. The standard InChI is InChI=1S/C20H24O8/c1-13(15(21)28-19(2,3)4)12-20(16(22)25-5,17(23)26-6)18(24)27-14-10-8-7-9-11-14/h7-11H,1,12H2,2-6H3. The summed E-state index contributed by atoms with van der Waals surface area (Å²) in [7, 11) is 1.98. The van der Waals surface area contributed by atoms with Crippen molar-refractivity contribution >= 4 is 23.9 Å². The number of carbonyl (C=O) groups excluding carboxylic acids is 4. The second-order valence-electron chi connectivity index (χ2n) is 6.87. The highest BCUT2D eigenvalue weighted by molar-refractivity contribution is 6.19. The van der Waals surface area contributed by atoms with Crippen molar-refractivity contribution in [3.05, 3.63) is 42.5 Å². The van der Waals surface area contributed by atoms with Gasteiger partial charge in [-0.1, -0.05) is 24.8 Å². The van der Waals surface area contributed by atoms with Crippen LogP contribution in [0.5, 0.6) is 5.75 Å². The number of carbonyl (C=O) groups is 4. The van der Waals surface area contributed by atoms with Crippen LogP contribution in [0.1, 0.15) is 27.2 Å². The van der Waals surface area contributed by atoms with Gasteiger partial charge in [0, 0.05) is 12.0 Å². The van der Waals surface area contributed by atoms with E-state index in [0.29, 0.717) is 0 Å². The van der Waals surface area contributed by atoms with E-state index in [1.165, 1.54) is 12.1 Å². The number of benzene rings is 1. The maximum atomic E-state index is 12.9. The molecule has 0 spiro atoms. The lowest BCUT2D eigenvalue weighted by molar-refractivity contribution is -0.177. The van der Waals surface area contributed by atoms with Gasteiger partial charge < -0.3 is 18.9 Å². The summed E-state index contributed by atoms with van der Waals surface area (Å²) in [6.45, 7) is 8.45. The van der Waals surface area contributed by atoms with Gasteiger partial charge in [-0.3, -0.25) is 9.59 Å². The Kier molecular flexibility index (Phi) is 7.49. The summed E-state index contributed by atoms with van der Waals surface area (Å²) in [5.41, 5.74) is -3.72. The molecule has 0 saturated heterocycles. The zero-order valence-corrected chi connectivity index (χ0v) is 16.6. The quantitative estimate of drug-likeness (QED) is 0.229. The summed E-state index contributed by atoms with van der Waals surface area (Å²) in [5, 5.41) is 0. The lowest BCUT2D eigenvalue weighted by Gasteiger charge is -2.27. The van der Waals surface area contributed by atoms with Gasteiger partial charge in [0.1, 0.15) is 11.4 Å². The van der Waals surface area contributed by atoms with Crippen molar-refractivity contribution in [3.63, 3.8) is 0 Å². The SMILES string of the molecule is C=C(CC(C(=O)OC)(C(=O)OC)C(=O)Oc1ccccc1)C(=O)OC(C)(C)C. The van der Waals surface area contributed by atoms with Crippen LogP contribution < -0.4 is 4.74 Å². The van der Waals surface area contributed by atoms with Crippen molar-refractivity contribution in [1.82, 2.24) is 0 Å². The molecule has 0 radical (unpaired) electrons. The predicted molar refractivity (Wildman–Crippen MR) is 98.1 cm³/mol. The van der Waals surface area contributed by atoms with Gasteiger partial charge >= 0.3 is 23.9 Å². The van der Waals surface area contributed by atoms with E-state index in [1.807, 2.05) is 0 Å². The molecule has 0 fully saturated rings. The fraction of sp³-hybridized carbons (Fsp3) is 0.400. The third-order valence-corrected chi connectivity index (χ3v) is 3.54. The van der Waals surface area contributed by atoms with E-state index < -0.39 is 41.3 Å². The molecule has 0 aromatic heterocycles. The molecule has 0 amide bonds. The first-order valence-corrected chi connectivity index (χ1v) is 8.33. The number of esters is 4. The Morgan fingerprint density at radius 1 is 0.893 bits per heavy atom. The Morgan fingerprint density at radius 2 is 1.39 bits per heavy atom. The highest BCUT2D eigenvalue weighted by atomic mass is 16.6. The maximum Gasteiger partial charge on any atom is 0.340 e. The molecule has 8 nitrogen and oxygen atoms in total. The van der Waals surface area contributed by atoms with Crippen LogP contribution in [0.2, 0.25) is 0 Å². The van der Waals surface area contributed by atoms with Gasteiger partial charge in [-0.2, -0.15) is 0 Å². The molecule has 0 unspecified atom stereocenters. The third-order valence-electron chi connectivity index (χ3n) is 3.54. The van der Waals surface area contributed by atoms with Crippen LogP contribution in [0.4, 0.5) is 0 Å². The van der Waals surface area contributed by atoms with E-state index in [1.54, 1.807) is 39.0 Å². The van der Waals surface area contributed by atoms with Gasteiger partial charge in [0.05, 0.1) is 14.2 Å². The first kappa shape index (κ1) is 22.9. The molecule has 0 atom stereocenters. The van der Waals surface area contributed by atoms with Gasteiger partial charge in [0.15, 0.2) is 0 Å². The molecular weight excluding hydrogens is 368 g/mol. The molecule has 0 bridgehead atoms. The predicted octanol–water partition coefficient (Wildman–Crippen LogP) is 2.21. The molecule has 0 N–H and O–H groups in total. The summed E-state index contributed by atoms with van der Waals surface area (Å²) >= 11 is 0. The first-order chi connectivity index (χ1) is 13.0. The normalized spacial score (nSPS) is 11.2. The maximum absolute atomic E-state index is 12.9. The second-order valence-corrected chi connectivity index (χ2v) is 6.87. The Bertz CT molecular complexity index is 742. The highest BCUT2D eigenvalue weighted by Crippen LogP contribution is 2.33. The minimum atomic E-state index is -2.58. The number of hydrogen-bond acceptors (Lipinski definition) is 8. The highest BCUT2D eigenvalue weighted by Gasteiger charge is 2.58. The van der Waals surface area contributed by atoms with Crippen molar-refractivity contribution in [2.45, 2.75) is 32.8 Å². The van der Waals surface area contributed by atoms with Crippen LogP contribution in [0.3, 0.4) is 0 Å². The van der Waals surface area contributed by atoms with E-state index in [4.69, 9.17) is 9.47 Å². The van der Waals surface area contributed by atoms with Gasteiger partial charge in [0.25, 0.3) is 5.41 Å². The van der Waals surface area contributed by atoms with Crippen LogP contribution in [-0.4, -0.2) is 43.7 Å². The molecule has 0 aliphatic carbocycles. The molecule has 28 heavy (non-hydrogen) atoms. The molecule has 0 aliphatic rings. The topological polar surface area (TPSA) is 105 Å². The van der Waals surface area contributed by atoms with Gasteiger partial charge in [0.2, 0.25) is 0 Å². The van der Waals surface area contributed by atoms with Gasteiger partial charge in [-0.15, -0.1) is 0 Å². The van der Waals surface area contributed by atoms with E-state index in [9.17, 15) is 19.2 Å². The number of rotatable bonds is 7. The average Bonchev–Trinajstić information content (AvgIpc) is 2.63. The van der Waals surface area contributed by atoms with E-state index in [-0.39, 0.29) is 11.3 Å². The lowest BCUT2D eigenvalue weighted by atomic mass is 9.81. The van der Waals surface area contributed by atoms with Crippen molar-refractivity contribution in [2.24, 2.45) is 5.41 Å². The number of hydrogen-bond donors (Lipinski definition) is 0. The molecule has 1 rings (SSSR count). The largest absolute Gasteiger partial charge is 0.468 e. The Labute approximate surface area is 163 Å². The minimum absolute atomic E-state index is 0.0903. The zero-order valence-electron chi connectivity index (χ0n) is 16.6. The summed E-state index contributed by atoms with van der Waals surface area (Å²) in [6, 6.07) is 7.80. The Balaban J connectivity index is 3.31. The molecule has 152 valence electrons. The molecule has 8 heteroatoms. The number of methoxy groups -OCH3 is 2. The van der Waals surface area contributed by atoms with Crippen molar-refractivity contribution in [1.29, 1.82) is 0 Å². The van der Waals surface area contributed by atoms with Crippen LogP contribution in [-0.2, 0) is 33.4 Å². The monoisotopic (exact) mass is 392 g/mol. The van der Waals surface area contributed by atoms with Gasteiger partial charge in [-0.25, -0.2) is 9.59 Å². The van der Waals surface area contributed by atoms with E-state index in [0.717, 1.165) is 14.2 Å². The van der Waals surface area contributed by atoms with Crippen LogP contribution in [0, 0.1) is 5.41 Å². The van der Waals surface area contributed by atoms with Crippen molar-refractivity contribution < 1.29 is 38.1 Å². The lowest BCUT2D eigenvalue weighted by Crippen LogP contribution is -2.50. The smallest absolute Gasteiger partial charge is 0.340 e. The van der Waals surface area contributed by atoms with Crippen molar-refractivity contribution in [2.75, 3.05) is 14.2 Å². The second kappa shape index (κ2) is 9.16. The first-order valence-electron chi connectivity index (χ1n) is 8.33. The summed E-state index contributed by atoms with van der Waals surface area (Å²) < 4.78 is 19.6. The third kappa shape index (κ3) is 5.42. The molecule has 1 aromatic carbocycles.